The van der Waals surface area contributed by atoms with E-state index in [1.54, 1.807) is 0 Å². The molecule has 0 spiro atoms. The molecule has 2 rings (SSSR count). The molecule has 0 radical (unpaired) electrons. The van der Waals surface area contributed by atoms with E-state index in [0.29, 0.717) is 12.2 Å². The van der Waals surface area contributed by atoms with Crippen LogP contribution < -0.4 is 11.1 Å². The van der Waals surface area contributed by atoms with Crippen molar-refractivity contribution >= 4 is 27.5 Å². The number of H-pyrrole nitrogens is 1. The summed E-state index contributed by atoms with van der Waals surface area (Å²) in [6, 6.07) is 7.75. The van der Waals surface area contributed by atoms with Crippen LogP contribution >= 0.6 is 15.9 Å². The molecule has 1 aromatic carbocycles. The van der Waals surface area contributed by atoms with Gasteiger partial charge in [-0.1, -0.05) is 35.0 Å². The molecule has 0 aliphatic carbocycles. The van der Waals surface area contributed by atoms with Gasteiger partial charge in [0, 0.05) is 11.0 Å². The number of rotatable bonds is 4. The number of halogens is 1. The second kappa shape index (κ2) is 5.88. The summed E-state index contributed by atoms with van der Waals surface area (Å²) in [7, 11) is 0. The zero-order chi connectivity index (χ0) is 13.8. The summed E-state index contributed by atoms with van der Waals surface area (Å²) in [5, 5.41) is 9.51. The monoisotopic (exact) mass is 322 g/mol. The molecule has 0 saturated heterocycles. The van der Waals surface area contributed by atoms with Crippen LogP contribution in [0.25, 0.3) is 0 Å². The minimum atomic E-state index is -0.270. The highest BCUT2D eigenvalue weighted by atomic mass is 79.9. The lowest BCUT2D eigenvalue weighted by atomic mass is 10.2. The fraction of sp³-hybridized carbons (Fsp3) is 0.231. The molecule has 6 heteroatoms. The Morgan fingerprint density at radius 2 is 2.32 bits per heavy atom. The van der Waals surface area contributed by atoms with E-state index < -0.39 is 0 Å². The average molecular weight is 323 g/mol. The van der Waals surface area contributed by atoms with Gasteiger partial charge in [-0.2, -0.15) is 5.10 Å². The van der Waals surface area contributed by atoms with Gasteiger partial charge in [-0.25, -0.2) is 0 Å². The molecule has 19 heavy (non-hydrogen) atoms. The molecule has 1 aromatic heterocycles. The third-order valence-corrected chi connectivity index (χ3v) is 3.29. The van der Waals surface area contributed by atoms with Gasteiger partial charge >= 0.3 is 0 Å². The van der Waals surface area contributed by atoms with E-state index in [2.05, 4.69) is 31.4 Å². The average Bonchev–Trinajstić information content (AvgIpc) is 2.77. The zero-order valence-electron chi connectivity index (χ0n) is 10.5. The first-order chi connectivity index (χ1) is 9.11. The zero-order valence-corrected chi connectivity index (χ0v) is 12.1. The molecular formula is C13H15BrN4O. The lowest BCUT2D eigenvalue weighted by Gasteiger charge is -2.04. The van der Waals surface area contributed by atoms with Crippen molar-refractivity contribution in [1.82, 2.24) is 15.5 Å². The maximum absolute atomic E-state index is 12.0. The number of amides is 1. The number of benzene rings is 1. The van der Waals surface area contributed by atoms with Gasteiger partial charge in [0.05, 0.1) is 11.4 Å². The molecule has 0 saturated carbocycles. The van der Waals surface area contributed by atoms with Crippen LogP contribution in [0.5, 0.6) is 0 Å². The van der Waals surface area contributed by atoms with E-state index in [1.807, 2.05) is 31.2 Å². The number of hydrogen-bond donors (Lipinski definition) is 3. The Labute approximate surface area is 119 Å². The quantitative estimate of drug-likeness (QED) is 0.807. The summed E-state index contributed by atoms with van der Waals surface area (Å²) in [4.78, 5) is 12.0. The van der Waals surface area contributed by atoms with Crippen molar-refractivity contribution in [1.29, 1.82) is 0 Å². The van der Waals surface area contributed by atoms with Gasteiger partial charge in [-0.15, -0.1) is 0 Å². The Bertz CT molecular complexity index is 594. The second-order valence-corrected chi connectivity index (χ2v) is 5.05. The minimum Gasteiger partial charge on any atom is -0.395 e. The molecular weight excluding hydrogens is 308 g/mol. The highest BCUT2D eigenvalue weighted by Gasteiger charge is 2.15. The number of carbonyl (C=O) groups is 1. The van der Waals surface area contributed by atoms with E-state index >= 15 is 0 Å². The van der Waals surface area contributed by atoms with Crippen molar-refractivity contribution in [3.8, 4) is 0 Å². The maximum atomic E-state index is 12.0. The molecule has 0 fully saturated rings. The van der Waals surface area contributed by atoms with E-state index in [9.17, 15) is 4.79 Å². The number of nitrogen functional groups attached to an aromatic ring is 1. The van der Waals surface area contributed by atoms with Crippen LogP contribution in [0, 0.1) is 0 Å². The van der Waals surface area contributed by atoms with Crippen molar-refractivity contribution in [3.63, 3.8) is 0 Å². The summed E-state index contributed by atoms with van der Waals surface area (Å²) >= 11 is 3.39. The van der Waals surface area contributed by atoms with Crippen molar-refractivity contribution in [2.45, 2.75) is 19.9 Å². The first-order valence-corrected chi connectivity index (χ1v) is 6.76. The number of nitrogens with two attached hydrogens (primary N) is 1. The lowest BCUT2D eigenvalue weighted by Crippen LogP contribution is -2.24. The molecule has 0 atom stereocenters. The van der Waals surface area contributed by atoms with Crippen LogP contribution in [0.4, 0.5) is 5.69 Å². The predicted molar refractivity (Wildman–Crippen MR) is 77.7 cm³/mol. The summed E-state index contributed by atoms with van der Waals surface area (Å²) in [5.41, 5.74) is 8.32. The smallest absolute Gasteiger partial charge is 0.274 e. The second-order valence-electron chi connectivity index (χ2n) is 4.13. The fourth-order valence-corrected chi connectivity index (χ4v) is 2.19. The third-order valence-electron chi connectivity index (χ3n) is 2.79. The highest BCUT2D eigenvalue weighted by Crippen LogP contribution is 2.15. The van der Waals surface area contributed by atoms with Gasteiger partial charge in [0.1, 0.15) is 0 Å². The number of aromatic amines is 1. The van der Waals surface area contributed by atoms with Crippen molar-refractivity contribution in [3.05, 3.63) is 45.7 Å². The van der Waals surface area contributed by atoms with Crippen LogP contribution in [-0.2, 0) is 13.0 Å². The number of aryl methyl sites for hydroxylation is 1. The van der Waals surface area contributed by atoms with Crippen LogP contribution in [-0.4, -0.2) is 16.1 Å². The molecule has 0 aliphatic heterocycles. The molecule has 0 unspecified atom stereocenters. The number of carbonyl (C=O) groups excluding carboxylic acids is 1. The largest absolute Gasteiger partial charge is 0.395 e. The summed E-state index contributed by atoms with van der Waals surface area (Å²) in [6.45, 7) is 2.39. The van der Waals surface area contributed by atoms with E-state index in [1.165, 1.54) is 0 Å². The SMILES string of the molecule is CCc1[nH]nc(C(=O)NCc2cccc(Br)c2)c1N. The fourth-order valence-electron chi connectivity index (χ4n) is 1.74. The number of anilines is 1. The normalized spacial score (nSPS) is 10.4. The first-order valence-electron chi connectivity index (χ1n) is 5.97. The van der Waals surface area contributed by atoms with Crippen molar-refractivity contribution in [2.75, 3.05) is 5.73 Å². The standard InChI is InChI=1S/C13H15BrN4O/c1-2-10-11(15)12(18-17-10)13(19)16-7-8-4-3-5-9(14)6-8/h3-6H,2,7,15H2,1H3,(H,16,19)(H,17,18). The molecule has 4 N–H and O–H groups in total. The van der Waals surface area contributed by atoms with Crippen molar-refractivity contribution in [2.24, 2.45) is 0 Å². The van der Waals surface area contributed by atoms with Crippen LogP contribution in [0.15, 0.2) is 28.7 Å². The van der Waals surface area contributed by atoms with E-state index in [4.69, 9.17) is 5.73 Å². The number of nitrogens with one attached hydrogen (secondary N) is 2. The van der Waals surface area contributed by atoms with Crippen LogP contribution in [0.1, 0.15) is 28.7 Å². The summed E-state index contributed by atoms with van der Waals surface area (Å²) < 4.78 is 0.979. The van der Waals surface area contributed by atoms with Gasteiger partial charge in [-0.3, -0.25) is 9.89 Å². The number of hydrogen-bond acceptors (Lipinski definition) is 3. The highest BCUT2D eigenvalue weighted by molar-refractivity contribution is 9.10. The predicted octanol–water partition coefficient (Wildman–Crippen LogP) is 2.25. The van der Waals surface area contributed by atoms with Gasteiger partial charge < -0.3 is 11.1 Å². The van der Waals surface area contributed by atoms with Gasteiger partial charge in [0.15, 0.2) is 5.69 Å². The molecule has 0 bridgehead atoms. The Balaban J connectivity index is 2.03. The molecule has 5 nitrogen and oxygen atoms in total. The molecule has 0 aliphatic rings. The Morgan fingerprint density at radius 1 is 1.53 bits per heavy atom. The lowest BCUT2D eigenvalue weighted by molar-refractivity contribution is 0.0947. The Kier molecular flexibility index (Phi) is 4.21. The van der Waals surface area contributed by atoms with Gasteiger partial charge in [0.2, 0.25) is 0 Å². The van der Waals surface area contributed by atoms with E-state index in [-0.39, 0.29) is 11.6 Å². The number of nitrogens with zero attached hydrogens (tertiary/aromatic N) is 1. The summed E-state index contributed by atoms with van der Waals surface area (Å²) in [6.07, 6.45) is 0.720. The third kappa shape index (κ3) is 3.14. The topological polar surface area (TPSA) is 83.8 Å². The van der Waals surface area contributed by atoms with Gasteiger partial charge in [0.25, 0.3) is 5.91 Å². The molecule has 100 valence electrons. The molecule has 2 aromatic rings. The van der Waals surface area contributed by atoms with Gasteiger partial charge in [-0.05, 0) is 24.1 Å². The maximum Gasteiger partial charge on any atom is 0.274 e. The van der Waals surface area contributed by atoms with Crippen molar-refractivity contribution < 1.29 is 4.79 Å². The first kappa shape index (κ1) is 13.6. The van der Waals surface area contributed by atoms with Crippen LogP contribution in [0.3, 0.4) is 0 Å². The van der Waals surface area contributed by atoms with Crippen LogP contribution in [0.2, 0.25) is 0 Å². The molecule has 1 heterocycles. The summed E-state index contributed by atoms with van der Waals surface area (Å²) in [5.74, 6) is -0.270. The Hall–Kier alpha value is -1.82. The number of aromatic nitrogens is 2. The van der Waals surface area contributed by atoms with E-state index in [0.717, 1.165) is 22.2 Å². The Morgan fingerprint density at radius 3 is 2.95 bits per heavy atom. The minimum absolute atomic E-state index is 0.256. The molecule has 1 amide bonds.